The summed E-state index contributed by atoms with van der Waals surface area (Å²) in [4.78, 5) is 0. The molecule has 0 aliphatic heterocycles. The summed E-state index contributed by atoms with van der Waals surface area (Å²) in [6, 6.07) is 17.3. The van der Waals surface area contributed by atoms with Crippen LogP contribution in [0.2, 0.25) is 0 Å². The van der Waals surface area contributed by atoms with E-state index in [1.807, 2.05) is 0 Å². The topological polar surface area (TPSA) is 46.4 Å². The molecule has 3 rings (SSSR count). The lowest BCUT2D eigenvalue weighted by atomic mass is 10.1. The minimum Gasteiger partial charge on any atom is -0.394 e. The number of ether oxygens (including phenoxy) is 1. The summed E-state index contributed by atoms with van der Waals surface area (Å²) in [5.41, 5.74) is 5.15. The highest BCUT2D eigenvalue weighted by molar-refractivity contribution is 5.84. The van der Waals surface area contributed by atoms with Crippen LogP contribution in [0, 0.1) is 6.92 Å². The van der Waals surface area contributed by atoms with E-state index in [1.54, 1.807) is 0 Å². The summed E-state index contributed by atoms with van der Waals surface area (Å²) in [7, 11) is 0. The molecule has 0 radical (unpaired) electrons. The first-order chi connectivity index (χ1) is 12.3. The van der Waals surface area contributed by atoms with E-state index in [2.05, 4.69) is 71.5 Å². The van der Waals surface area contributed by atoms with Crippen molar-refractivity contribution in [2.75, 3.05) is 26.4 Å². The van der Waals surface area contributed by atoms with Crippen LogP contribution in [0.25, 0.3) is 10.9 Å². The van der Waals surface area contributed by atoms with Gasteiger partial charge in [0.2, 0.25) is 0 Å². The Morgan fingerprint density at radius 3 is 2.64 bits per heavy atom. The smallest absolute Gasteiger partial charge is 0.0698 e. The molecule has 4 nitrogen and oxygen atoms in total. The van der Waals surface area contributed by atoms with Crippen LogP contribution in [-0.2, 0) is 17.8 Å². The number of aliphatic hydroxyl groups is 1. The minimum absolute atomic E-state index is 0.0759. The Kier molecular flexibility index (Phi) is 6.23. The second-order valence-electron chi connectivity index (χ2n) is 6.30. The number of aromatic nitrogens is 1. The lowest BCUT2D eigenvalue weighted by molar-refractivity contribution is 0.0938. The van der Waals surface area contributed by atoms with Crippen LogP contribution in [0.15, 0.2) is 54.7 Å². The number of hydrogen-bond acceptors (Lipinski definition) is 3. The number of benzene rings is 2. The largest absolute Gasteiger partial charge is 0.394 e. The van der Waals surface area contributed by atoms with Crippen molar-refractivity contribution in [1.29, 1.82) is 0 Å². The number of hydrogen-bond donors (Lipinski definition) is 2. The van der Waals surface area contributed by atoms with Crippen LogP contribution >= 0.6 is 0 Å². The van der Waals surface area contributed by atoms with E-state index in [4.69, 9.17) is 9.84 Å². The van der Waals surface area contributed by atoms with Crippen LogP contribution in [0.1, 0.15) is 16.7 Å². The highest BCUT2D eigenvalue weighted by Gasteiger charge is 2.08. The predicted molar refractivity (Wildman–Crippen MR) is 102 cm³/mol. The molecule has 0 saturated heterocycles. The van der Waals surface area contributed by atoms with Crippen molar-refractivity contribution in [2.45, 2.75) is 20.0 Å². The molecule has 4 heteroatoms. The van der Waals surface area contributed by atoms with E-state index in [0.29, 0.717) is 13.2 Å². The number of nitrogens with zero attached hydrogens (tertiary/aromatic N) is 1. The minimum atomic E-state index is 0.0759. The number of aliphatic hydroxyl groups excluding tert-OH is 1. The molecular formula is C21H26N2O2. The van der Waals surface area contributed by atoms with Crippen molar-refractivity contribution in [2.24, 2.45) is 0 Å². The Balaban J connectivity index is 1.70. The van der Waals surface area contributed by atoms with Gasteiger partial charge in [0.15, 0.2) is 0 Å². The number of para-hydroxylation sites is 1. The second kappa shape index (κ2) is 8.81. The summed E-state index contributed by atoms with van der Waals surface area (Å²) in [5, 5.41) is 13.4. The maximum absolute atomic E-state index is 8.71. The van der Waals surface area contributed by atoms with Crippen LogP contribution in [0.5, 0.6) is 0 Å². The van der Waals surface area contributed by atoms with Crippen LogP contribution < -0.4 is 5.32 Å². The van der Waals surface area contributed by atoms with Crippen molar-refractivity contribution in [3.63, 3.8) is 0 Å². The van der Waals surface area contributed by atoms with Crippen molar-refractivity contribution >= 4 is 10.9 Å². The van der Waals surface area contributed by atoms with Gasteiger partial charge < -0.3 is 19.7 Å². The fourth-order valence-electron chi connectivity index (χ4n) is 3.02. The summed E-state index contributed by atoms with van der Waals surface area (Å²) >= 11 is 0. The van der Waals surface area contributed by atoms with Crippen molar-refractivity contribution in [3.05, 3.63) is 71.4 Å². The fraction of sp³-hybridized carbons (Fsp3) is 0.333. The van der Waals surface area contributed by atoms with Gasteiger partial charge in [-0.2, -0.15) is 0 Å². The number of nitrogens with one attached hydrogen (secondary N) is 1. The normalized spacial score (nSPS) is 11.3. The molecule has 2 aromatic carbocycles. The maximum Gasteiger partial charge on any atom is 0.0698 e. The Bertz CT molecular complexity index is 793. The van der Waals surface area contributed by atoms with Gasteiger partial charge in [0.25, 0.3) is 0 Å². The standard InChI is InChI=1S/C21H26N2O2/c1-17-6-8-18(9-7-17)15-23-16-19(14-22-10-12-25-13-11-24)20-4-2-3-5-21(20)23/h2-9,16,22,24H,10-15H2,1H3. The molecule has 3 aromatic rings. The molecule has 0 unspecified atom stereocenters. The molecule has 25 heavy (non-hydrogen) atoms. The van der Waals surface area contributed by atoms with Gasteiger partial charge in [0.1, 0.15) is 0 Å². The van der Waals surface area contributed by atoms with Crippen LogP contribution in [0.3, 0.4) is 0 Å². The first-order valence-electron chi connectivity index (χ1n) is 8.79. The summed E-state index contributed by atoms with van der Waals surface area (Å²) in [6.45, 7) is 5.66. The zero-order valence-electron chi connectivity index (χ0n) is 14.7. The van der Waals surface area contributed by atoms with Gasteiger partial charge in [-0.25, -0.2) is 0 Å². The highest BCUT2D eigenvalue weighted by Crippen LogP contribution is 2.22. The third-order valence-electron chi connectivity index (χ3n) is 4.32. The molecule has 132 valence electrons. The highest BCUT2D eigenvalue weighted by atomic mass is 16.5. The van der Waals surface area contributed by atoms with E-state index >= 15 is 0 Å². The van der Waals surface area contributed by atoms with E-state index in [-0.39, 0.29) is 6.61 Å². The average molecular weight is 338 g/mol. The van der Waals surface area contributed by atoms with Crippen molar-refractivity contribution < 1.29 is 9.84 Å². The molecule has 0 fully saturated rings. The molecular weight excluding hydrogens is 312 g/mol. The predicted octanol–water partition coefficient (Wildman–Crippen LogP) is 3.10. The zero-order valence-corrected chi connectivity index (χ0v) is 14.7. The van der Waals surface area contributed by atoms with Crippen LogP contribution in [-0.4, -0.2) is 36.0 Å². The fourth-order valence-corrected chi connectivity index (χ4v) is 3.02. The SMILES string of the molecule is Cc1ccc(Cn2cc(CNCCOCCO)c3ccccc32)cc1. The van der Waals surface area contributed by atoms with Gasteiger partial charge >= 0.3 is 0 Å². The molecule has 0 saturated carbocycles. The molecule has 1 heterocycles. The Morgan fingerprint density at radius 2 is 1.84 bits per heavy atom. The average Bonchev–Trinajstić information content (AvgIpc) is 2.98. The lowest BCUT2D eigenvalue weighted by Gasteiger charge is -2.06. The first-order valence-corrected chi connectivity index (χ1v) is 8.79. The summed E-state index contributed by atoms with van der Waals surface area (Å²) < 4.78 is 7.60. The van der Waals surface area contributed by atoms with Gasteiger partial charge in [-0.05, 0) is 24.1 Å². The summed E-state index contributed by atoms with van der Waals surface area (Å²) in [6.07, 6.45) is 2.24. The molecule has 0 atom stereocenters. The van der Waals surface area contributed by atoms with Gasteiger partial charge in [0.05, 0.1) is 19.8 Å². The van der Waals surface area contributed by atoms with Crippen LogP contribution in [0.4, 0.5) is 0 Å². The number of fused-ring (bicyclic) bond motifs is 1. The molecule has 0 spiro atoms. The van der Waals surface area contributed by atoms with E-state index in [0.717, 1.165) is 19.6 Å². The third-order valence-corrected chi connectivity index (χ3v) is 4.32. The lowest BCUT2D eigenvalue weighted by Crippen LogP contribution is -2.19. The van der Waals surface area contributed by atoms with E-state index in [1.165, 1.54) is 27.6 Å². The molecule has 0 amide bonds. The van der Waals surface area contributed by atoms with Gasteiger partial charge in [0, 0.05) is 36.7 Å². The van der Waals surface area contributed by atoms with E-state index < -0.39 is 0 Å². The summed E-state index contributed by atoms with van der Waals surface area (Å²) in [5.74, 6) is 0. The molecule has 0 bridgehead atoms. The third kappa shape index (κ3) is 4.69. The van der Waals surface area contributed by atoms with Gasteiger partial charge in [-0.3, -0.25) is 0 Å². The Morgan fingerprint density at radius 1 is 1.04 bits per heavy atom. The number of aryl methyl sites for hydroxylation is 1. The molecule has 0 aliphatic rings. The maximum atomic E-state index is 8.71. The zero-order chi connectivity index (χ0) is 17.5. The van der Waals surface area contributed by atoms with Gasteiger partial charge in [-0.15, -0.1) is 0 Å². The van der Waals surface area contributed by atoms with Crippen molar-refractivity contribution in [1.82, 2.24) is 9.88 Å². The first kappa shape index (κ1) is 17.7. The second-order valence-corrected chi connectivity index (χ2v) is 6.30. The quantitative estimate of drug-likeness (QED) is 0.589. The Labute approximate surface area is 149 Å². The van der Waals surface area contributed by atoms with Gasteiger partial charge in [-0.1, -0.05) is 48.0 Å². The van der Waals surface area contributed by atoms with Crippen molar-refractivity contribution in [3.8, 4) is 0 Å². The van der Waals surface area contributed by atoms with E-state index in [9.17, 15) is 0 Å². The molecule has 2 N–H and O–H groups in total. The monoisotopic (exact) mass is 338 g/mol. The Hall–Kier alpha value is -2.14. The molecule has 0 aliphatic carbocycles. The molecule has 1 aromatic heterocycles. The number of rotatable bonds is 9.